The van der Waals surface area contributed by atoms with Crippen LogP contribution in [-0.4, -0.2) is 26.2 Å². The molecular formula is C16H15Cl2N2. The molecule has 0 aromatic heterocycles. The molecule has 1 saturated heterocycles. The zero-order chi connectivity index (χ0) is 13.9. The molecule has 1 aliphatic rings. The Bertz CT molecular complexity index is 607. The van der Waals surface area contributed by atoms with Crippen LogP contribution in [0.2, 0.25) is 10.0 Å². The second kappa shape index (κ2) is 6.04. The Labute approximate surface area is 129 Å². The zero-order valence-corrected chi connectivity index (χ0v) is 12.5. The van der Waals surface area contributed by atoms with Gasteiger partial charge in [0.2, 0.25) is 0 Å². The predicted molar refractivity (Wildman–Crippen MR) is 85.8 cm³/mol. The van der Waals surface area contributed by atoms with Gasteiger partial charge in [0.15, 0.2) is 0 Å². The summed E-state index contributed by atoms with van der Waals surface area (Å²) in [6.07, 6.45) is 0. The minimum atomic E-state index is 0.620. The molecule has 20 heavy (non-hydrogen) atoms. The molecule has 2 aromatic carbocycles. The van der Waals surface area contributed by atoms with Crippen LogP contribution in [0.25, 0.3) is 11.1 Å². The standard InChI is InChI=1S/C16H15Cl2N2/c17-15-4-2-1-3-13(15)14-6-5-12(11-16(14)18)20-9-7-19-8-10-20/h1-6,19H,7-10H2. The molecule has 0 aliphatic carbocycles. The van der Waals surface area contributed by atoms with E-state index in [-0.39, 0.29) is 0 Å². The summed E-state index contributed by atoms with van der Waals surface area (Å²) in [4.78, 5) is 2.29. The molecule has 0 unspecified atom stereocenters. The summed E-state index contributed by atoms with van der Waals surface area (Å²) in [6, 6.07) is 15.1. The molecule has 0 amide bonds. The normalized spacial score (nSPS) is 15.4. The number of nitrogens with one attached hydrogen (secondary N) is 1. The van der Waals surface area contributed by atoms with E-state index in [1.54, 1.807) is 0 Å². The van der Waals surface area contributed by atoms with Gasteiger partial charge in [0.1, 0.15) is 0 Å². The van der Waals surface area contributed by atoms with Crippen LogP contribution in [0, 0.1) is 6.07 Å². The molecule has 4 heteroatoms. The summed E-state index contributed by atoms with van der Waals surface area (Å²) < 4.78 is 0. The maximum Gasteiger partial charge on any atom is 0.0585 e. The van der Waals surface area contributed by atoms with Gasteiger partial charge in [-0.25, -0.2) is 0 Å². The van der Waals surface area contributed by atoms with Crippen LogP contribution >= 0.6 is 23.2 Å². The monoisotopic (exact) mass is 305 g/mol. The first-order chi connectivity index (χ1) is 9.75. The molecule has 1 fully saturated rings. The van der Waals surface area contributed by atoms with E-state index in [9.17, 15) is 0 Å². The third-order valence-corrected chi connectivity index (χ3v) is 4.13. The third-order valence-electron chi connectivity index (χ3n) is 3.50. The third kappa shape index (κ3) is 2.78. The van der Waals surface area contributed by atoms with Gasteiger partial charge in [-0.05, 0) is 12.1 Å². The van der Waals surface area contributed by atoms with Crippen LogP contribution in [0.15, 0.2) is 36.4 Å². The van der Waals surface area contributed by atoms with Crippen molar-refractivity contribution >= 4 is 28.9 Å². The smallest absolute Gasteiger partial charge is 0.0585 e. The Kier molecular flexibility index (Phi) is 4.16. The minimum Gasteiger partial charge on any atom is -0.368 e. The maximum atomic E-state index is 6.40. The molecular weight excluding hydrogens is 291 g/mol. The number of nitrogens with zero attached hydrogens (tertiary/aromatic N) is 1. The van der Waals surface area contributed by atoms with E-state index >= 15 is 0 Å². The Hall–Kier alpha value is -1.22. The van der Waals surface area contributed by atoms with E-state index in [4.69, 9.17) is 23.2 Å². The molecule has 3 rings (SSSR count). The topological polar surface area (TPSA) is 15.3 Å². The minimum absolute atomic E-state index is 0.620. The van der Waals surface area contributed by atoms with E-state index in [2.05, 4.69) is 22.3 Å². The van der Waals surface area contributed by atoms with Gasteiger partial charge in [-0.2, -0.15) is 0 Å². The van der Waals surface area contributed by atoms with Crippen molar-refractivity contribution in [1.29, 1.82) is 0 Å². The van der Waals surface area contributed by atoms with Gasteiger partial charge in [0.25, 0.3) is 0 Å². The van der Waals surface area contributed by atoms with E-state index < -0.39 is 0 Å². The van der Waals surface area contributed by atoms with Crippen LogP contribution < -0.4 is 10.2 Å². The molecule has 2 aromatic rings. The van der Waals surface area contributed by atoms with Crippen molar-refractivity contribution in [3.63, 3.8) is 0 Å². The number of anilines is 1. The molecule has 1 heterocycles. The van der Waals surface area contributed by atoms with Crippen molar-refractivity contribution in [1.82, 2.24) is 5.32 Å². The molecule has 0 atom stereocenters. The van der Waals surface area contributed by atoms with Crippen LogP contribution in [0.5, 0.6) is 0 Å². The number of hydrogen-bond donors (Lipinski definition) is 1. The van der Waals surface area contributed by atoms with Gasteiger partial charge >= 0.3 is 0 Å². The summed E-state index contributed by atoms with van der Waals surface area (Å²) in [5.74, 6) is 0. The quantitative estimate of drug-likeness (QED) is 0.906. The van der Waals surface area contributed by atoms with Crippen LogP contribution in [0.4, 0.5) is 5.69 Å². The molecule has 2 nitrogen and oxygen atoms in total. The van der Waals surface area contributed by atoms with Gasteiger partial charge in [-0.1, -0.05) is 47.5 Å². The number of rotatable bonds is 2. The second-order valence-electron chi connectivity index (χ2n) is 4.79. The molecule has 1 N–H and O–H groups in total. The first-order valence-electron chi connectivity index (χ1n) is 6.68. The van der Waals surface area contributed by atoms with Crippen molar-refractivity contribution in [2.45, 2.75) is 0 Å². The zero-order valence-electron chi connectivity index (χ0n) is 11.0. The van der Waals surface area contributed by atoms with Gasteiger partial charge in [0.05, 0.1) is 5.02 Å². The highest BCUT2D eigenvalue weighted by molar-refractivity contribution is 6.36. The molecule has 103 valence electrons. The SMILES string of the molecule is Clc1[c]c(N2CCNCC2)ccc1-c1ccccc1Cl. The number of hydrogen-bond acceptors (Lipinski definition) is 2. The van der Waals surface area contributed by atoms with Gasteiger partial charge in [-0.3, -0.25) is 0 Å². The Morgan fingerprint density at radius 3 is 2.40 bits per heavy atom. The van der Waals surface area contributed by atoms with Gasteiger partial charge < -0.3 is 10.2 Å². The lowest BCUT2D eigenvalue weighted by molar-refractivity contribution is 0.589. The van der Waals surface area contributed by atoms with Crippen LogP contribution in [-0.2, 0) is 0 Å². The number of benzene rings is 2. The fourth-order valence-electron chi connectivity index (χ4n) is 2.43. The molecule has 1 aliphatic heterocycles. The van der Waals surface area contributed by atoms with E-state index in [0.717, 1.165) is 43.0 Å². The van der Waals surface area contributed by atoms with Crippen molar-refractivity contribution < 1.29 is 0 Å². The summed E-state index contributed by atoms with van der Waals surface area (Å²) in [5, 5.41) is 4.66. The van der Waals surface area contributed by atoms with Crippen LogP contribution in [0.1, 0.15) is 0 Å². The lowest BCUT2D eigenvalue weighted by Crippen LogP contribution is -2.43. The van der Waals surface area contributed by atoms with Gasteiger partial charge in [-0.15, -0.1) is 0 Å². The summed E-state index contributed by atoms with van der Waals surface area (Å²) in [6.45, 7) is 3.96. The average Bonchev–Trinajstić information content (AvgIpc) is 2.49. The molecule has 1 radical (unpaired) electrons. The predicted octanol–water partition coefficient (Wildman–Crippen LogP) is 3.87. The molecule has 0 saturated carbocycles. The highest BCUT2D eigenvalue weighted by atomic mass is 35.5. The average molecular weight is 306 g/mol. The van der Waals surface area contributed by atoms with E-state index in [0.29, 0.717) is 10.0 Å². The summed E-state index contributed by atoms with van der Waals surface area (Å²) >= 11 is 12.6. The Morgan fingerprint density at radius 2 is 1.70 bits per heavy atom. The summed E-state index contributed by atoms with van der Waals surface area (Å²) in [5.41, 5.74) is 2.92. The summed E-state index contributed by atoms with van der Waals surface area (Å²) in [7, 11) is 0. The Balaban J connectivity index is 1.93. The van der Waals surface area contributed by atoms with Crippen LogP contribution in [0.3, 0.4) is 0 Å². The van der Waals surface area contributed by atoms with E-state index in [1.165, 1.54) is 0 Å². The fraction of sp³-hybridized carbons (Fsp3) is 0.250. The highest BCUT2D eigenvalue weighted by Crippen LogP contribution is 2.35. The maximum absolute atomic E-state index is 6.40. The first-order valence-corrected chi connectivity index (χ1v) is 7.44. The number of halogens is 2. The second-order valence-corrected chi connectivity index (χ2v) is 5.57. The molecule has 0 spiro atoms. The lowest BCUT2D eigenvalue weighted by Gasteiger charge is -2.29. The van der Waals surface area contributed by atoms with Gasteiger partial charge in [0, 0.05) is 54.1 Å². The van der Waals surface area contributed by atoms with Crippen molar-refractivity contribution in [2.75, 3.05) is 31.1 Å². The van der Waals surface area contributed by atoms with Crippen molar-refractivity contribution in [2.24, 2.45) is 0 Å². The largest absolute Gasteiger partial charge is 0.368 e. The molecule has 0 bridgehead atoms. The highest BCUT2D eigenvalue weighted by Gasteiger charge is 2.13. The fourth-order valence-corrected chi connectivity index (χ4v) is 2.93. The van der Waals surface area contributed by atoms with Crippen molar-refractivity contribution in [3.05, 3.63) is 52.5 Å². The van der Waals surface area contributed by atoms with E-state index in [1.807, 2.05) is 30.3 Å². The Morgan fingerprint density at radius 1 is 0.950 bits per heavy atom. The number of piperazine rings is 1. The first kappa shape index (κ1) is 13.7. The lowest BCUT2D eigenvalue weighted by atomic mass is 10.0. The van der Waals surface area contributed by atoms with Crippen molar-refractivity contribution in [3.8, 4) is 11.1 Å².